The van der Waals surface area contributed by atoms with Crippen molar-refractivity contribution in [2.75, 3.05) is 25.0 Å². The van der Waals surface area contributed by atoms with E-state index < -0.39 is 0 Å². The summed E-state index contributed by atoms with van der Waals surface area (Å²) in [4.78, 5) is 17.0. The van der Waals surface area contributed by atoms with Gasteiger partial charge < -0.3 is 4.90 Å². The van der Waals surface area contributed by atoms with Crippen LogP contribution in [0.3, 0.4) is 0 Å². The predicted molar refractivity (Wildman–Crippen MR) is 107 cm³/mol. The molecular formula is C21H27N5O. The molecule has 1 aromatic heterocycles. The molecule has 1 saturated heterocycles. The predicted octanol–water partition coefficient (Wildman–Crippen LogP) is 2.81. The number of aryl methyl sites for hydroxylation is 1. The van der Waals surface area contributed by atoms with Crippen LogP contribution in [0, 0.1) is 25.2 Å². The highest BCUT2D eigenvalue weighted by Gasteiger charge is 2.16. The Hall–Kier alpha value is -2.65. The van der Waals surface area contributed by atoms with Crippen molar-refractivity contribution in [3.63, 3.8) is 0 Å². The molecule has 0 N–H and O–H groups in total. The van der Waals surface area contributed by atoms with Crippen LogP contribution < -0.4 is 10.5 Å². The van der Waals surface area contributed by atoms with E-state index in [-0.39, 0.29) is 11.1 Å². The van der Waals surface area contributed by atoms with E-state index in [4.69, 9.17) is 0 Å². The topological polar surface area (TPSA) is 65.2 Å². The van der Waals surface area contributed by atoms with Crippen LogP contribution in [0.2, 0.25) is 0 Å². The zero-order valence-corrected chi connectivity index (χ0v) is 16.4. The minimum absolute atomic E-state index is 0.185. The molecule has 2 aromatic rings. The van der Waals surface area contributed by atoms with E-state index in [0.29, 0.717) is 17.9 Å². The first kappa shape index (κ1) is 19.1. The molecule has 0 spiro atoms. The highest BCUT2D eigenvalue weighted by Crippen LogP contribution is 2.25. The summed E-state index contributed by atoms with van der Waals surface area (Å²) in [5.74, 6) is 0. The van der Waals surface area contributed by atoms with Gasteiger partial charge >= 0.3 is 0 Å². The molecule has 27 heavy (non-hydrogen) atoms. The number of anilines is 1. The molecule has 0 unspecified atom stereocenters. The molecule has 6 nitrogen and oxygen atoms in total. The van der Waals surface area contributed by atoms with E-state index >= 15 is 0 Å². The molecule has 1 aliphatic rings. The van der Waals surface area contributed by atoms with Gasteiger partial charge in [-0.25, -0.2) is 4.68 Å². The van der Waals surface area contributed by atoms with Gasteiger partial charge in [0.1, 0.15) is 11.6 Å². The molecule has 0 bridgehead atoms. The number of hydrogen-bond acceptors (Lipinski definition) is 5. The zero-order chi connectivity index (χ0) is 19.4. The average molecular weight is 365 g/mol. The minimum Gasteiger partial charge on any atom is -0.371 e. The van der Waals surface area contributed by atoms with Crippen molar-refractivity contribution >= 4 is 5.69 Å². The van der Waals surface area contributed by atoms with E-state index in [9.17, 15) is 10.1 Å². The summed E-state index contributed by atoms with van der Waals surface area (Å²) >= 11 is 0. The lowest BCUT2D eigenvalue weighted by Gasteiger charge is -2.31. The van der Waals surface area contributed by atoms with Gasteiger partial charge in [-0.05, 0) is 57.4 Å². The van der Waals surface area contributed by atoms with Gasteiger partial charge in [0.2, 0.25) is 0 Å². The van der Waals surface area contributed by atoms with Crippen LogP contribution in [0.4, 0.5) is 5.69 Å². The number of nitriles is 1. The van der Waals surface area contributed by atoms with Crippen LogP contribution in [-0.2, 0) is 13.2 Å². The molecular weight excluding hydrogens is 338 g/mol. The maximum Gasteiger partial charge on any atom is 0.286 e. The molecule has 0 radical (unpaired) electrons. The van der Waals surface area contributed by atoms with Crippen molar-refractivity contribution in [2.45, 2.75) is 46.3 Å². The summed E-state index contributed by atoms with van der Waals surface area (Å²) in [6, 6.07) is 10.5. The summed E-state index contributed by atoms with van der Waals surface area (Å²) in [7, 11) is 1.97. The summed E-state index contributed by atoms with van der Waals surface area (Å²) in [5.41, 5.74) is 3.77. The number of aromatic nitrogens is 2. The molecule has 0 atom stereocenters. The molecule has 2 heterocycles. The van der Waals surface area contributed by atoms with Gasteiger partial charge in [0, 0.05) is 25.3 Å². The molecule has 0 saturated carbocycles. The molecule has 6 heteroatoms. The van der Waals surface area contributed by atoms with E-state index in [1.807, 2.05) is 20.0 Å². The van der Waals surface area contributed by atoms with Gasteiger partial charge in [-0.1, -0.05) is 18.2 Å². The van der Waals surface area contributed by atoms with E-state index in [1.165, 1.54) is 35.2 Å². The van der Waals surface area contributed by atoms with Gasteiger partial charge in [-0.3, -0.25) is 9.69 Å². The first-order valence-electron chi connectivity index (χ1n) is 9.51. The Balaban J connectivity index is 1.80. The van der Waals surface area contributed by atoms with E-state index in [0.717, 1.165) is 19.6 Å². The lowest BCUT2D eigenvalue weighted by atomic mass is 10.1. The SMILES string of the molecule is Cc1nn(CN(C)Cc2ccccc2N2CCCCC2)c(=O)c(C#N)c1C. The van der Waals surface area contributed by atoms with Gasteiger partial charge in [0.25, 0.3) is 5.56 Å². The van der Waals surface area contributed by atoms with Crippen molar-refractivity contribution < 1.29 is 0 Å². The molecule has 142 valence electrons. The fourth-order valence-corrected chi connectivity index (χ4v) is 3.66. The second-order valence-electron chi connectivity index (χ2n) is 7.33. The van der Waals surface area contributed by atoms with E-state index in [1.54, 1.807) is 6.92 Å². The van der Waals surface area contributed by atoms with Crippen LogP contribution in [0.1, 0.15) is 41.6 Å². The second-order valence-corrected chi connectivity index (χ2v) is 7.33. The van der Waals surface area contributed by atoms with Crippen molar-refractivity contribution in [3.05, 3.63) is 57.0 Å². The van der Waals surface area contributed by atoms with Crippen LogP contribution in [0.15, 0.2) is 29.1 Å². The molecule has 1 aliphatic heterocycles. The van der Waals surface area contributed by atoms with Gasteiger partial charge in [0.15, 0.2) is 0 Å². The summed E-state index contributed by atoms with van der Waals surface area (Å²) in [6.07, 6.45) is 3.79. The Bertz CT molecular complexity index is 906. The monoisotopic (exact) mass is 365 g/mol. The molecule has 1 aromatic carbocycles. The number of benzene rings is 1. The number of nitrogens with zero attached hydrogens (tertiary/aromatic N) is 5. The number of rotatable bonds is 5. The Morgan fingerprint density at radius 3 is 2.59 bits per heavy atom. The normalized spacial score (nSPS) is 14.4. The van der Waals surface area contributed by atoms with Gasteiger partial charge in [-0.2, -0.15) is 10.4 Å². The fraction of sp³-hybridized carbons (Fsp3) is 0.476. The third-order valence-corrected chi connectivity index (χ3v) is 5.25. The summed E-state index contributed by atoms with van der Waals surface area (Å²) < 4.78 is 1.39. The van der Waals surface area contributed by atoms with Crippen LogP contribution in [0.5, 0.6) is 0 Å². The van der Waals surface area contributed by atoms with Crippen molar-refractivity contribution in [3.8, 4) is 6.07 Å². The van der Waals surface area contributed by atoms with Crippen LogP contribution >= 0.6 is 0 Å². The van der Waals surface area contributed by atoms with Crippen molar-refractivity contribution in [1.82, 2.24) is 14.7 Å². The highest BCUT2D eigenvalue weighted by atomic mass is 16.1. The number of hydrogen-bond donors (Lipinski definition) is 0. The highest BCUT2D eigenvalue weighted by molar-refractivity contribution is 5.53. The summed E-state index contributed by atoms with van der Waals surface area (Å²) in [6.45, 7) is 6.87. The van der Waals surface area contributed by atoms with Crippen molar-refractivity contribution in [2.24, 2.45) is 0 Å². The molecule has 1 fully saturated rings. The Morgan fingerprint density at radius 1 is 1.19 bits per heavy atom. The second kappa shape index (κ2) is 8.36. The third-order valence-electron chi connectivity index (χ3n) is 5.25. The van der Waals surface area contributed by atoms with Gasteiger partial charge in [-0.15, -0.1) is 0 Å². The maximum atomic E-state index is 12.5. The van der Waals surface area contributed by atoms with Crippen LogP contribution in [-0.4, -0.2) is 34.8 Å². The first-order chi connectivity index (χ1) is 13.0. The van der Waals surface area contributed by atoms with E-state index in [2.05, 4.69) is 39.2 Å². The van der Waals surface area contributed by atoms with Crippen molar-refractivity contribution in [1.29, 1.82) is 5.26 Å². The molecule has 3 rings (SSSR count). The standard InChI is InChI=1S/C21H27N5O/c1-16-17(2)23-26(21(27)19(16)13-22)15-24(3)14-18-9-5-6-10-20(18)25-11-7-4-8-12-25/h5-6,9-10H,4,7-8,11-12,14-15H2,1-3H3. The number of para-hydroxylation sites is 1. The largest absolute Gasteiger partial charge is 0.371 e. The fourth-order valence-electron chi connectivity index (χ4n) is 3.66. The first-order valence-corrected chi connectivity index (χ1v) is 9.51. The molecule has 0 amide bonds. The maximum absolute atomic E-state index is 12.5. The summed E-state index contributed by atoms with van der Waals surface area (Å²) in [5, 5.41) is 13.7. The minimum atomic E-state index is -0.322. The quantitative estimate of drug-likeness (QED) is 0.815. The lowest BCUT2D eigenvalue weighted by molar-refractivity contribution is 0.239. The zero-order valence-electron chi connectivity index (χ0n) is 16.4. The third kappa shape index (κ3) is 4.20. The average Bonchev–Trinajstić information content (AvgIpc) is 2.68. The van der Waals surface area contributed by atoms with Gasteiger partial charge in [0.05, 0.1) is 12.4 Å². The smallest absolute Gasteiger partial charge is 0.286 e. The lowest BCUT2D eigenvalue weighted by Crippen LogP contribution is -2.35. The Labute approximate surface area is 160 Å². The molecule has 0 aliphatic carbocycles. The van der Waals surface area contributed by atoms with Crippen LogP contribution in [0.25, 0.3) is 0 Å². The number of piperidine rings is 1. The Morgan fingerprint density at radius 2 is 1.89 bits per heavy atom. The Kier molecular flexibility index (Phi) is 5.92.